The summed E-state index contributed by atoms with van der Waals surface area (Å²) < 4.78 is 32.3. The van der Waals surface area contributed by atoms with Crippen LogP contribution < -0.4 is 9.46 Å². The van der Waals surface area contributed by atoms with E-state index in [-0.39, 0.29) is 16.5 Å². The SMILES string of the molecule is O=S(=O)(NCC(O)c1ccc2c(c1)CCO2)c1ccccc1Cl. The van der Waals surface area contributed by atoms with Crippen molar-refractivity contribution < 1.29 is 18.3 Å². The molecular formula is C16H16ClNO4S. The molecule has 3 rings (SSSR count). The maximum absolute atomic E-state index is 12.2. The molecule has 23 heavy (non-hydrogen) atoms. The Balaban J connectivity index is 1.71. The summed E-state index contributed by atoms with van der Waals surface area (Å²) in [6.45, 7) is 0.501. The third-order valence-corrected chi connectivity index (χ3v) is 5.61. The number of benzene rings is 2. The molecule has 0 spiro atoms. The summed E-state index contributed by atoms with van der Waals surface area (Å²) in [4.78, 5) is -0.00350. The highest BCUT2D eigenvalue weighted by molar-refractivity contribution is 7.89. The largest absolute Gasteiger partial charge is 0.493 e. The normalized spacial score (nSPS) is 15.0. The third-order valence-electron chi connectivity index (χ3n) is 3.69. The fourth-order valence-corrected chi connectivity index (χ4v) is 4.02. The van der Waals surface area contributed by atoms with E-state index in [1.54, 1.807) is 24.3 Å². The van der Waals surface area contributed by atoms with E-state index in [0.29, 0.717) is 12.2 Å². The Morgan fingerprint density at radius 3 is 2.83 bits per heavy atom. The number of aliphatic hydroxyl groups excluding tert-OH is 1. The summed E-state index contributed by atoms with van der Waals surface area (Å²) in [6, 6.07) is 11.6. The molecule has 0 amide bonds. The van der Waals surface area contributed by atoms with Crippen molar-refractivity contribution >= 4 is 21.6 Å². The maximum atomic E-state index is 12.2. The zero-order chi connectivity index (χ0) is 16.4. The number of hydrogen-bond donors (Lipinski definition) is 2. The van der Waals surface area contributed by atoms with Gasteiger partial charge in [0.25, 0.3) is 0 Å². The van der Waals surface area contributed by atoms with Crippen molar-refractivity contribution in [3.63, 3.8) is 0 Å². The summed E-state index contributed by atoms with van der Waals surface area (Å²) >= 11 is 5.91. The summed E-state index contributed by atoms with van der Waals surface area (Å²) in [5.74, 6) is 0.817. The highest BCUT2D eigenvalue weighted by Gasteiger charge is 2.20. The van der Waals surface area contributed by atoms with Gasteiger partial charge in [-0.1, -0.05) is 29.8 Å². The summed E-state index contributed by atoms with van der Waals surface area (Å²) in [5.41, 5.74) is 1.67. The molecule has 1 unspecified atom stereocenters. The van der Waals surface area contributed by atoms with Crippen molar-refractivity contribution in [3.8, 4) is 5.75 Å². The highest BCUT2D eigenvalue weighted by Crippen LogP contribution is 2.28. The minimum atomic E-state index is -3.77. The van der Waals surface area contributed by atoms with Gasteiger partial charge in [-0.25, -0.2) is 13.1 Å². The predicted molar refractivity (Wildman–Crippen MR) is 87.2 cm³/mol. The van der Waals surface area contributed by atoms with Crippen molar-refractivity contribution in [3.05, 3.63) is 58.6 Å². The van der Waals surface area contributed by atoms with Crippen LogP contribution in [0.25, 0.3) is 0 Å². The molecular weight excluding hydrogens is 338 g/mol. The summed E-state index contributed by atoms with van der Waals surface area (Å²) in [6.07, 6.45) is -0.153. The first-order valence-corrected chi connectivity index (χ1v) is 9.01. The van der Waals surface area contributed by atoms with Crippen LogP contribution in [-0.4, -0.2) is 26.7 Å². The molecule has 0 aliphatic carbocycles. The standard InChI is InChI=1S/C16H16ClNO4S/c17-13-3-1-2-4-16(13)23(20,21)18-10-14(19)11-5-6-15-12(9-11)7-8-22-15/h1-6,9,14,18-19H,7-8,10H2. The van der Waals surface area contributed by atoms with E-state index in [4.69, 9.17) is 16.3 Å². The number of nitrogens with one attached hydrogen (secondary N) is 1. The van der Waals surface area contributed by atoms with E-state index < -0.39 is 16.1 Å². The topological polar surface area (TPSA) is 75.6 Å². The van der Waals surface area contributed by atoms with E-state index in [2.05, 4.69) is 4.72 Å². The maximum Gasteiger partial charge on any atom is 0.242 e. The molecule has 0 saturated carbocycles. The van der Waals surface area contributed by atoms with Crippen LogP contribution >= 0.6 is 11.6 Å². The first-order valence-electron chi connectivity index (χ1n) is 7.15. The predicted octanol–water partition coefficient (Wildman–Crippen LogP) is 2.29. The lowest BCUT2D eigenvalue weighted by molar-refractivity contribution is 0.182. The average Bonchev–Trinajstić information content (AvgIpc) is 3.00. The molecule has 0 fully saturated rings. The lowest BCUT2D eigenvalue weighted by atomic mass is 10.0. The van der Waals surface area contributed by atoms with Crippen LogP contribution in [-0.2, 0) is 16.4 Å². The Bertz CT molecular complexity index is 823. The van der Waals surface area contributed by atoms with Crippen molar-refractivity contribution in [2.75, 3.05) is 13.2 Å². The van der Waals surface area contributed by atoms with Gasteiger partial charge in [0.2, 0.25) is 10.0 Å². The van der Waals surface area contributed by atoms with Gasteiger partial charge in [0.05, 0.1) is 17.7 Å². The van der Waals surface area contributed by atoms with E-state index in [9.17, 15) is 13.5 Å². The van der Waals surface area contributed by atoms with E-state index >= 15 is 0 Å². The summed E-state index contributed by atoms with van der Waals surface area (Å²) in [5, 5.41) is 10.4. The quantitative estimate of drug-likeness (QED) is 0.864. The monoisotopic (exact) mass is 353 g/mol. The lowest BCUT2D eigenvalue weighted by Gasteiger charge is -2.14. The molecule has 1 heterocycles. The Kier molecular flexibility index (Phi) is 4.59. The number of fused-ring (bicyclic) bond motifs is 1. The van der Waals surface area contributed by atoms with Crippen molar-refractivity contribution in [2.45, 2.75) is 17.4 Å². The molecule has 7 heteroatoms. The fourth-order valence-electron chi connectivity index (χ4n) is 2.46. The van der Waals surface area contributed by atoms with Crippen LogP contribution in [0.15, 0.2) is 47.4 Å². The molecule has 0 bridgehead atoms. The fraction of sp³-hybridized carbons (Fsp3) is 0.250. The lowest BCUT2D eigenvalue weighted by Crippen LogP contribution is -2.28. The Labute approximate surface area is 139 Å². The van der Waals surface area contributed by atoms with Crippen LogP contribution in [0.1, 0.15) is 17.2 Å². The molecule has 1 atom stereocenters. The second-order valence-corrected chi connectivity index (χ2v) is 7.41. The molecule has 0 saturated heterocycles. The van der Waals surface area contributed by atoms with Crippen LogP contribution in [0.5, 0.6) is 5.75 Å². The number of halogens is 1. The molecule has 5 nitrogen and oxygen atoms in total. The molecule has 1 aliphatic rings. The Morgan fingerprint density at radius 2 is 2.04 bits per heavy atom. The molecule has 0 radical (unpaired) electrons. The van der Waals surface area contributed by atoms with Gasteiger partial charge in [-0.15, -0.1) is 0 Å². The average molecular weight is 354 g/mol. The van der Waals surface area contributed by atoms with Gasteiger partial charge >= 0.3 is 0 Å². The number of hydrogen-bond acceptors (Lipinski definition) is 4. The number of ether oxygens (including phenoxy) is 1. The number of aliphatic hydroxyl groups is 1. The van der Waals surface area contributed by atoms with E-state index in [1.165, 1.54) is 12.1 Å². The molecule has 2 aromatic carbocycles. The van der Waals surface area contributed by atoms with Gasteiger partial charge in [-0.05, 0) is 35.4 Å². The molecule has 1 aliphatic heterocycles. The van der Waals surface area contributed by atoms with Crippen LogP contribution in [0.4, 0.5) is 0 Å². The van der Waals surface area contributed by atoms with Gasteiger partial charge in [0, 0.05) is 13.0 Å². The Morgan fingerprint density at radius 1 is 1.26 bits per heavy atom. The van der Waals surface area contributed by atoms with Gasteiger partial charge in [0.15, 0.2) is 0 Å². The molecule has 2 aromatic rings. The minimum Gasteiger partial charge on any atom is -0.493 e. The van der Waals surface area contributed by atoms with Crippen LogP contribution in [0.2, 0.25) is 5.02 Å². The minimum absolute atomic E-state index is 0.00350. The van der Waals surface area contributed by atoms with Crippen molar-refractivity contribution in [1.82, 2.24) is 4.72 Å². The van der Waals surface area contributed by atoms with Gasteiger partial charge in [0.1, 0.15) is 10.6 Å². The van der Waals surface area contributed by atoms with Crippen LogP contribution in [0, 0.1) is 0 Å². The smallest absolute Gasteiger partial charge is 0.242 e. The zero-order valence-corrected chi connectivity index (χ0v) is 13.8. The number of rotatable bonds is 5. The Hall–Kier alpha value is -1.60. The second kappa shape index (κ2) is 6.49. The second-order valence-electron chi connectivity index (χ2n) is 5.26. The first-order chi connectivity index (χ1) is 11.0. The van der Waals surface area contributed by atoms with E-state index in [0.717, 1.165) is 17.7 Å². The number of sulfonamides is 1. The zero-order valence-electron chi connectivity index (χ0n) is 12.2. The molecule has 2 N–H and O–H groups in total. The highest BCUT2D eigenvalue weighted by atomic mass is 35.5. The third kappa shape index (κ3) is 3.50. The molecule has 0 aromatic heterocycles. The van der Waals surface area contributed by atoms with E-state index in [1.807, 2.05) is 6.07 Å². The van der Waals surface area contributed by atoms with Gasteiger partial charge in [-0.3, -0.25) is 0 Å². The molecule has 122 valence electrons. The van der Waals surface area contributed by atoms with Crippen LogP contribution in [0.3, 0.4) is 0 Å². The van der Waals surface area contributed by atoms with Crippen molar-refractivity contribution in [2.24, 2.45) is 0 Å². The van der Waals surface area contributed by atoms with Gasteiger partial charge < -0.3 is 9.84 Å². The van der Waals surface area contributed by atoms with Gasteiger partial charge in [-0.2, -0.15) is 0 Å². The first kappa shape index (κ1) is 16.3. The summed E-state index contributed by atoms with van der Waals surface area (Å²) in [7, 11) is -3.77. The van der Waals surface area contributed by atoms with Crippen molar-refractivity contribution in [1.29, 1.82) is 0 Å².